The Kier molecular flexibility index (Phi) is 4.38. The molecular formula is C16H16N4O2S. The molecule has 0 atom stereocenters. The van der Waals surface area contributed by atoms with Crippen molar-refractivity contribution in [1.29, 1.82) is 0 Å². The van der Waals surface area contributed by atoms with E-state index in [9.17, 15) is 4.79 Å². The van der Waals surface area contributed by atoms with Gasteiger partial charge in [0.2, 0.25) is 0 Å². The Morgan fingerprint density at radius 1 is 1.39 bits per heavy atom. The molecule has 0 fully saturated rings. The lowest BCUT2D eigenvalue weighted by molar-refractivity contribution is 0.219. The van der Waals surface area contributed by atoms with Gasteiger partial charge in [0.05, 0.1) is 6.54 Å². The van der Waals surface area contributed by atoms with Gasteiger partial charge in [-0.25, -0.2) is 9.78 Å². The summed E-state index contributed by atoms with van der Waals surface area (Å²) in [6.45, 7) is 2.20. The van der Waals surface area contributed by atoms with E-state index in [1.54, 1.807) is 29.5 Å². The first-order valence-corrected chi connectivity index (χ1v) is 7.94. The van der Waals surface area contributed by atoms with Crippen molar-refractivity contribution in [2.75, 3.05) is 12.4 Å². The Hall–Kier alpha value is -2.67. The molecule has 3 aromatic rings. The molecule has 0 spiro atoms. The van der Waals surface area contributed by atoms with Crippen LogP contribution in [0.3, 0.4) is 0 Å². The standard InChI is InChI=1S/C16H16N4O2S/c1-11-8-14(19-22-11)10-20(2)16(21)18-13-5-3-4-12(9-13)15-17-6-7-23-15/h3-9H,10H2,1-2H3,(H,18,21). The molecule has 2 amide bonds. The van der Waals surface area contributed by atoms with Crippen LogP contribution in [0.5, 0.6) is 0 Å². The van der Waals surface area contributed by atoms with Gasteiger partial charge >= 0.3 is 6.03 Å². The molecule has 0 bridgehead atoms. The number of benzene rings is 1. The zero-order chi connectivity index (χ0) is 16.2. The molecule has 118 valence electrons. The minimum Gasteiger partial charge on any atom is -0.361 e. The molecule has 2 heterocycles. The third-order valence-electron chi connectivity index (χ3n) is 3.22. The van der Waals surface area contributed by atoms with Gasteiger partial charge in [0, 0.05) is 35.9 Å². The van der Waals surface area contributed by atoms with Crippen molar-refractivity contribution in [2.24, 2.45) is 0 Å². The molecule has 0 aliphatic carbocycles. The van der Waals surface area contributed by atoms with E-state index in [1.807, 2.05) is 42.6 Å². The van der Waals surface area contributed by atoms with Crippen LogP contribution in [-0.2, 0) is 6.54 Å². The van der Waals surface area contributed by atoms with Crippen molar-refractivity contribution in [3.8, 4) is 10.6 Å². The number of nitrogens with one attached hydrogen (secondary N) is 1. The van der Waals surface area contributed by atoms with Gasteiger partial charge in [-0.05, 0) is 19.1 Å². The normalized spacial score (nSPS) is 10.5. The highest BCUT2D eigenvalue weighted by Crippen LogP contribution is 2.24. The molecule has 1 aromatic carbocycles. The Morgan fingerprint density at radius 3 is 2.96 bits per heavy atom. The lowest BCUT2D eigenvalue weighted by Gasteiger charge is -2.16. The number of carbonyl (C=O) groups excluding carboxylic acids is 1. The highest BCUT2D eigenvalue weighted by atomic mass is 32.1. The number of hydrogen-bond acceptors (Lipinski definition) is 5. The maximum atomic E-state index is 12.3. The Labute approximate surface area is 137 Å². The molecule has 2 aromatic heterocycles. The van der Waals surface area contributed by atoms with Gasteiger partial charge in [-0.3, -0.25) is 0 Å². The molecule has 0 aliphatic rings. The number of hydrogen-bond donors (Lipinski definition) is 1. The smallest absolute Gasteiger partial charge is 0.321 e. The number of rotatable bonds is 4. The lowest BCUT2D eigenvalue weighted by atomic mass is 10.2. The van der Waals surface area contributed by atoms with E-state index in [2.05, 4.69) is 15.5 Å². The molecule has 1 N–H and O–H groups in total. The Morgan fingerprint density at radius 2 is 2.26 bits per heavy atom. The van der Waals surface area contributed by atoms with Crippen molar-refractivity contribution in [1.82, 2.24) is 15.0 Å². The zero-order valence-electron chi connectivity index (χ0n) is 12.8. The molecule has 3 rings (SSSR count). The second-order valence-corrected chi connectivity index (χ2v) is 6.03. The summed E-state index contributed by atoms with van der Waals surface area (Å²) >= 11 is 1.56. The Bertz CT molecular complexity index is 798. The molecule has 0 unspecified atom stereocenters. The van der Waals surface area contributed by atoms with Crippen molar-refractivity contribution in [3.63, 3.8) is 0 Å². The van der Waals surface area contributed by atoms with Gasteiger partial charge in [-0.1, -0.05) is 17.3 Å². The van der Waals surface area contributed by atoms with Gasteiger partial charge in [0.15, 0.2) is 0 Å². The van der Waals surface area contributed by atoms with E-state index in [-0.39, 0.29) is 6.03 Å². The highest BCUT2D eigenvalue weighted by Gasteiger charge is 2.12. The van der Waals surface area contributed by atoms with Crippen LogP contribution in [0.1, 0.15) is 11.5 Å². The number of aromatic nitrogens is 2. The summed E-state index contributed by atoms with van der Waals surface area (Å²) in [7, 11) is 1.71. The number of aryl methyl sites for hydroxylation is 1. The average Bonchev–Trinajstić information content (AvgIpc) is 3.19. The van der Waals surface area contributed by atoms with Crippen LogP contribution < -0.4 is 5.32 Å². The molecule has 0 saturated heterocycles. The second-order valence-electron chi connectivity index (χ2n) is 5.13. The third-order valence-corrected chi connectivity index (χ3v) is 4.04. The minimum atomic E-state index is -0.207. The first-order chi connectivity index (χ1) is 11.1. The highest BCUT2D eigenvalue weighted by molar-refractivity contribution is 7.13. The first-order valence-electron chi connectivity index (χ1n) is 7.06. The van der Waals surface area contributed by atoms with Crippen LogP contribution in [0.4, 0.5) is 10.5 Å². The molecule has 0 saturated carbocycles. The summed E-state index contributed by atoms with van der Waals surface area (Å²) in [5.74, 6) is 0.727. The van der Waals surface area contributed by atoms with E-state index in [0.29, 0.717) is 6.54 Å². The van der Waals surface area contributed by atoms with Gasteiger partial charge in [0.25, 0.3) is 0 Å². The van der Waals surface area contributed by atoms with Crippen molar-refractivity contribution >= 4 is 23.1 Å². The number of amides is 2. The predicted octanol–water partition coefficient (Wildman–Crippen LogP) is 3.77. The lowest BCUT2D eigenvalue weighted by Crippen LogP contribution is -2.30. The fourth-order valence-corrected chi connectivity index (χ4v) is 2.76. The van der Waals surface area contributed by atoms with E-state index in [0.717, 1.165) is 27.7 Å². The summed E-state index contributed by atoms with van der Waals surface area (Å²) in [5, 5.41) is 9.61. The number of thiazole rings is 1. The fraction of sp³-hybridized carbons (Fsp3) is 0.188. The number of anilines is 1. The quantitative estimate of drug-likeness (QED) is 0.791. The summed E-state index contributed by atoms with van der Waals surface area (Å²) in [6.07, 6.45) is 1.76. The van der Waals surface area contributed by atoms with E-state index < -0.39 is 0 Å². The predicted molar refractivity (Wildman–Crippen MR) is 89.3 cm³/mol. The molecule has 7 heteroatoms. The summed E-state index contributed by atoms with van der Waals surface area (Å²) in [5.41, 5.74) is 2.43. The van der Waals surface area contributed by atoms with E-state index in [4.69, 9.17) is 4.52 Å². The fourth-order valence-electron chi connectivity index (χ4n) is 2.12. The van der Waals surface area contributed by atoms with Crippen molar-refractivity contribution < 1.29 is 9.32 Å². The monoisotopic (exact) mass is 328 g/mol. The van der Waals surface area contributed by atoms with Crippen LogP contribution in [0, 0.1) is 6.92 Å². The number of nitrogens with zero attached hydrogens (tertiary/aromatic N) is 3. The summed E-state index contributed by atoms with van der Waals surface area (Å²) < 4.78 is 5.01. The Balaban J connectivity index is 1.66. The number of urea groups is 1. The van der Waals surface area contributed by atoms with Gasteiger partial charge in [-0.2, -0.15) is 0 Å². The first kappa shape index (κ1) is 15.2. The SMILES string of the molecule is Cc1cc(CN(C)C(=O)Nc2cccc(-c3nccs3)c2)no1. The van der Waals surface area contributed by atoms with Crippen LogP contribution in [0.2, 0.25) is 0 Å². The van der Waals surface area contributed by atoms with Crippen LogP contribution in [0.15, 0.2) is 46.4 Å². The second kappa shape index (κ2) is 6.62. The van der Waals surface area contributed by atoms with Gasteiger partial charge in [0.1, 0.15) is 16.5 Å². The molecule has 23 heavy (non-hydrogen) atoms. The molecule has 0 radical (unpaired) electrons. The molecule has 0 aliphatic heterocycles. The molecular weight excluding hydrogens is 312 g/mol. The maximum absolute atomic E-state index is 12.3. The topological polar surface area (TPSA) is 71.3 Å². The van der Waals surface area contributed by atoms with Crippen molar-refractivity contribution in [3.05, 3.63) is 53.4 Å². The van der Waals surface area contributed by atoms with Crippen LogP contribution in [-0.4, -0.2) is 28.1 Å². The third kappa shape index (κ3) is 3.75. The molecule has 6 nitrogen and oxygen atoms in total. The van der Waals surface area contributed by atoms with Gasteiger partial charge in [-0.15, -0.1) is 11.3 Å². The minimum absolute atomic E-state index is 0.207. The summed E-state index contributed by atoms with van der Waals surface area (Å²) in [4.78, 5) is 18.1. The largest absolute Gasteiger partial charge is 0.361 e. The van der Waals surface area contributed by atoms with Gasteiger partial charge < -0.3 is 14.7 Å². The number of carbonyl (C=O) groups is 1. The van der Waals surface area contributed by atoms with Crippen LogP contribution in [0.25, 0.3) is 10.6 Å². The van der Waals surface area contributed by atoms with E-state index >= 15 is 0 Å². The average molecular weight is 328 g/mol. The maximum Gasteiger partial charge on any atom is 0.321 e. The van der Waals surface area contributed by atoms with Crippen molar-refractivity contribution in [2.45, 2.75) is 13.5 Å². The zero-order valence-corrected chi connectivity index (χ0v) is 13.6. The van der Waals surface area contributed by atoms with Crippen LogP contribution >= 0.6 is 11.3 Å². The summed E-state index contributed by atoms with van der Waals surface area (Å²) in [6, 6.07) is 9.23. The van der Waals surface area contributed by atoms with E-state index in [1.165, 1.54) is 0 Å².